The number of hydrogen-bond donors (Lipinski definition) is 0. The molecule has 1 heterocycles. The monoisotopic (exact) mass is 328 g/mol. The highest BCUT2D eigenvalue weighted by atomic mass is 79.9. The summed E-state index contributed by atoms with van der Waals surface area (Å²) >= 11 is 3.44. The lowest BCUT2D eigenvalue weighted by atomic mass is 10.1. The Labute approximate surface area is 125 Å². The third kappa shape index (κ3) is 2.51. The van der Waals surface area contributed by atoms with Gasteiger partial charge in [0.05, 0.1) is 0 Å². The maximum atomic E-state index is 5.76. The minimum atomic E-state index is 0.527. The zero-order valence-electron chi connectivity index (χ0n) is 11.2. The fourth-order valence-electron chi connectivity index (χ4n) is 1.95. The third-order valence-electron chi connectivity index (χ3n) is 3.25. The SMILES string of the molecule is Cc1ccc(-c2nnc(-c3cccc(Br)c3)o2)cc1C. The van der Waals surface area contributed by atoms with Crippen LogP contribution in [0.25, 0.3) is 22.9 Å². The van der Waals surface area contributed by atoms with Crippen molar-refractivity contribution in [3.05, 3.63) is 58.1 Å². The summed E-state index contributed by atoms with van der Waals surface area (Å²) in [7, 11) is 0. The van der Waals surface area contributed by atoms with Gasteiger partial charge in [-0.1, -0.05) is 28.1 Å². The Kier molecular flexibility index (Phi) is 3.40. The summed E-state index contributed by atoms with van der Waals surface area (Å²) in [5.41, 5.74) is 4.31. The van der Waals surface area contributed by atoms with Gasteiger partial charge in [0, 0.05) is 15.6 Å². The Morgan fingerprint density at radius 1 is 0.850 bits per heavy atom. The Balaban J connectivity index is 1.99. The number of halogens is 1. The molecule has 0 unspecified atom stereocenters. The highest BCUT2D eigenvalue weighted by Crippen LogP contribution is 2.26. The molecule has 0 N–H and O–H groups in total. The van der Waals surface area contributed by atoms with Crippen molar-refractivity contribution in [1.29, 1.82) is 0 Å². The standard InChI is InChI=1S/C16H13BrN2O/c1-10-6-7-13(8-11(10)2)16-19-18-15(20-16)12-4-3-5-14(17)9-12/h3-9H,1-2H3. The van der Waals surface area contributed by atoms with Crippen molar-refractivity contribution in [3.63, 3.8) is 0 Å². The molecule has 3 nitrogen and oxygen atoms in total. The number of aryl methyl sites for hydroxylation is 2. The van der Waals surface area contributed by atoms with Crippen LogP contribution in [0.5, 0.6) is 0 Å². The molecule has 0 radical (unpaired) electrons. The normalized spacial score (nSPS) is 10.8. The number of benzene rings is 2. The molecule has 0 aliphatic heterocycles. The van der Waals surface area contributed by atoms with Crippen molar-refractivity contribution in [2.75, 3.05) is 0 Å². The Morgan fingerprint density at radius 3 is 2.20 bits per heavy atom. The van der Waals surface area contributed by atoms with Gasteiger partial charge in [-0.2, -0.15) is 0 Å². The van der Waals surface area contributed by atoms with Crippen LogP contribution in [-0.4, -0.2) is 10.2 Å². The molecule has 100 valence electrons. The highest BCUT2D eigenvalue weighted by Gasteiger charge is 2.11. The van der Waals surface area contributed by atoms with E-state index in [0.29, 0.717) is 11.8 Å². The first kappa shape index (κ1) is 13.1. The van der Waals surface area contributed by atoms with Crippen molar-refractivity contribution in [2.24, 2.45) is 0 Å². The fraction of sp³-hybridized carbons (Fsp3) is 0.125. The highest BCUT2D eigenvalue weighted by molar-refractivity contribution is 9.10. The van der Waals surface area contributed by atoms with Crippen LogP contribution in [0.2, 0.25) is 0 Å². The number of nitrogens with zero attached hydrogens (tertiary/aromatic N) is 2. The van der Waals surface area contributed by atoms with Gasteiger partial charge in [-0.3, -0.25) is 0 Å². The van der Waals surface area contributed by atoms with Gasteiger partial charge in [0.15, 0.2) is 0 Å². The van der Waals surface area contributed by atoms with E-state index in [1.807, 2.05) is 30.3 Å². The first-order valence-electron chi connectivity index (χ1n) is 6.30. The molecule has 20 heavy (non-hydrogen) atoms. The van der Waals surface area contributed by atoms with Crippen molar-refractivity contribution in [2.45, 2.75) is 13.8 Å². The van der Waals surface area contributed by atoms with Crippen LogP contribution in [-0.2, 0) is 0 Å². The van der Waals surface area contributed by atoms with Crippen LogP contribution in [0.15, 0.2) is 51.4 Å². The maximum Gasteiger partial charge on any atom is 0.248 e. The molecule has 1 aromatic heterocycles. The van der Waals surface area contributed by atoms with Gasteiger partial charge in [0.2, 0.25) is 11.8 Å². The average molecular weight is 329 g/mol. The quantitative estimate of drug-likeness (QED) is 0.679. The fourth-order valence-corrected chi connectivity index (χ4v) is 2.35. The van der Waals surface area contributed by atoms with Gasteiger partial charge >= 0.3 is 0 Å². The summed E-state index contributed by atoms with van der Waals surface area (Å²) in [6.45, 7) is 4.16. The lowest BCUT2D eigenvalue weighted by molar-refractivity contribution is 0.584. The van der Waals surface area contributed by atoms with Gasteiger partial charge < -0.3 is 4.42 Å². The van der Waals surface area contributed by atoms with Crippen LogP contribution in [0.1, 0.15) is 11.1 Å². The van der Waals surface area contributed by atoms with Crippen molar-refractivity contribution < 1.29 is 4.42 Å². The van der Waals surface area contributed by atoms with E-state index in [0.717, 1.165) is 15.6 Å². The first-order valence-corrected chi connectivity index (χ1v) is 7.10. The van der Waals surface area contributed by atoms with Gasteiger partial charge in [-0.15, -0.1) is 10.2 Å². The second-order valence-corrected chi connectivity index (χ2v) is 5.64. The summed E-state index contributed by atoms with van der Waals surface area (Å²) in [5.74, 6) is 1.07. The van der Waals surface area contributed by atoms with Crippen LogP contribution >= 0.6 is 15.9 Å². The number of rotatable bonds is 2. The molecule has 2 aromatic carbocycles. The van der Waals surface area contributed by atoms with E-state index >= 15 is 0 Å². The van der Waals surface area contributed by atoms with Gasteiger partial charge in [0.25, 0.3) is 0 Å². The van der Waals surface area contributed by atoms with E-state index in [-0.39, 0.29) is 0 Å². The van der Waals surface area contributed by atoms with E-state index in [1.165, 1.54) is 11.1 Å². The van der Waals surface area contributed by atoms with Crippen LogP contribution < -0.4 is 0 Å². The molecule has 0 saturated heterocycles. The Bertz CT molecular complexity index is 765. The first-order chi connectivity index (χ1) is 9.63. The topological polar surface area (TPSA) is 38.9 Å². The van der Waals surface area contributed by atoms with Gasteiger partial charge in [0.1, 0.15) is 0 Å². The number of aromatic nitrogens is 2. The molecular weight excluding hydrogens is 316 g/mol. The molecule has 0 atom stereocenters. The summed E-state index contributed by atoms with van der Waals surface area (Å²) in [6.07, 6.45) is 0. The molecule has 0 bridgehead atoms. The maximum absolute atomic E-state index is 5.76. The molecule has 0 fully saturated rings. The van der Waals surface area contributed by atoms with Crippen molar-refractivity contribution in [1.82, 2.24) is 10.2 Å². The van der Waals surface area contributed by atoms with Crippen LogP contribution in [0.3, 0.4) is 0 Å². The van der Waals surface area contributed by atoms with E-state index in [9.17, 15) is 0 Å². The second-order valence-electron chi connectivity index (χ2n) is 4.72. The van der Waals surface area contributed by atoms with Crippen molar-refractivity contribution in [3.8, 4) is 22.9 Å². The smallest absolute Gasteiger partial charge is 0.248 e. The average Bonchev–Trinajstić information content (AvgIpc) is 2.92. The van der Waals surface area contributed by atoms with Crippen LogP contribution in [0, 0.1) is 13.8 Å². The summed E-state index contributed by atoms with van der Waals surface area (Å²) < 4.78 is 6.75. The van der Waals surface area contributed by atoms with E-state index in [1.54, 1.807) is 0 Å². The Morgan fingerprint density at radius 2 is 1.55 bits per heavy atom. The van der Waals surface area contributed by atoms with E-state index < -0.39 is 0 Å². The Hall–Kier alpha value is -1.94. The zero-order valence-corrected chi connectivity index (χ0v) is 12.8. The lowest BCUT2D eigenvalue weighted by Crippen LogP contribution is -1.83. The molecule has 4 heteroatoms. The van der Waals surface area contributed by atoms with Crippen LogP contribution in [0.4, 0.5) is 0 Å². The van der Waals surface area contributed by atoms with E-state index in [2.05, 4.69) is 52.1 Å². The largest absolute Gasteiger partial charge is 0.416 e. The zero-order chi connectivity index (χ0) is 14.1. The van der Waals surface area contributed by atoms with Gasteiger partial charge in [-0.05, 0) is 55.3 Å². The summed E-state index contributed by atoms with van der Waals surface area (Å²) in [5, 5.41) is 8.25. The van der Waals surface area contributed by atoms with E-state index in [4.69, 9.17) is 4.42 Å². The number of hydrogen-bond acceptors (Lipinski definition) is 3. The molecule has 3 rings (SSSR count). The van der Waals surface area contributed by atoms with Gasteiger partial charge in [-0.25, -0.2) is 0 Å². The molecule has 0 spiro atoms. The predicted octanol–water partition coefficient (Wildman–Crippen LogP) is 4.78. The molecule has 0 aliphatic carbocycles. The third-order valence-corrected chi connectivity index (χ3v) is 3.74. The molecule has 0 amide bonds. The van der Waals surface area contributed by atoms with Crippen molar-refractivity contribution >= 4 is 15.9 Å². The molecule has 3 aromatic rings. The second kappa shape index (κ2) is 5.21. The summed E-state index contributed by atoms with van der Waals surface area (Å²) in [6, 6.07) is 13.9. The lowest BCUT2D eigenvalue weighted by Gasteiger charge is -2.01. The molecular formula is C16H13BrN2O. The molecule has 0 aliphatic rings. The minimum Gasteiger partial charge on any atom is -0.416 e. The minimum absolute atomic E-state index is 0.527. The molecule has 0 saturated carbocycles. The predicted molar refractivity (Wildman–Crippen MR) is 82.3 cm³/mol. The summed E-state index contributed by atoms with van der Waals surface area (Å²) in [4.78, 5) is 0.